The molecule has 0 radical (unpaired) electrons. The van der Waals surface area contributed by atoms with E-state index in [9.17, 15) is 34.8 Å². The van der Waals surface area contributed by atoms with Crippen molar-refractivity contribution in [2.24, 2.45) is 17.6 Å². The molecule has 1 fully saturated rings. The number of aromatic hydroxyl groups is 1. The molecule has 9 heteroatoms. The third-order valence-corrected chi connectivity index (χ3v) is 8.67. The lowest BCUT2D eigenvalue weighted by Crippen LogP contribution is -2.65. The van der Waals surface area contributed by atoms with Crippen LogP contribution in [0.25, 0.3) is 16.9 Å². The SMILES string of the molecule is CN(C)C1C(=O)C(C(N)=O)=C(O)[C@@]2(O)C(=O)C3=C(O)c4c(O)ccc(-c5ccc(C(C)(C)C)cc5)c4C[C@H]3C[C@@H]12. The number of likely N-dealkylation sites (N-methyl/N-ethyl adjacent to an activating group) is 1. The Hall–Kier alpha value is -3.95. The van der Waals surface area contributed by atoms with Gasteiger partial charge in [0, 0.05) is 11.5 Å². The van der Waals surface area contributed by atoms with Crippen LogP contribution in [0.15, 0.2) is 53.3 Å². The highest BCUT2D eigenvalue weighted by Crippen LogP contribution is 2.53. The first kappa shape index (κ1) is 27.6. The van der Waals surface area contributed by atoms with Gasteiger partial charge in [-0.15, -0.1) is 0 Å². The summed E-state index contributed by atoms with van der Waals surface area (Å²) in [5, 5.41) is 44.9. The van der Waals surface area contributed by atoms with Crippen molar-refractivity contribution < 1.29 is 34.8 Å². The lowest BCUT2D eigenvalue weighted by molar-refractivity contribution is -0.153. The Balaban J connectivity index is 1.70. The number of aliphatic hydroxyl groups is 3. The lowest BCUT2D eigenvalue weighted by Gasteiger charge is -2.50. The number of carbonyl (C=O) groups excluding carboxylic acids is 3. The van der Waals surface area contributed by atoms with E-state index in [1.807, 2.05) is 24.3 Å². The van der Waals surface area contributed by atoms with E-state index in [1.165, 1.54) is 11.0 Å². The predicted molar refractivity (Wildman–Crippen MR) is 148 cm³/mol. The van der Waals surface area contributed by atoms with Gasteiger partial charge in [0.25, 0.3) is 5.91 Å². The summed E-state index contributed by atoms with van der Waals surface area (Å²) in [5.41, 5.74) is 5.18. The van der Waals surface area contributed by atoms with Crippen LogP contribution in [0.4, 0.5) is 0 Å². The molecule has 5 rings (SSSR count). The van der Waals surface area contributed by atoms with Crippen LogP contribution < -0.4 is 5.73 Å². The van der Waals surface area contributed by atoms with Crippen LogP contribution >= 0.6 is 0 Å². The molecule has 4 atom stereocenters. The Morgan fingerprint density at radius 2 is 1.65 bits per heavy atom. The molecule has 1 saturated carbocycles. The molecule has 0 heterocycles. The molecule has 0 saturated heterocycles. The van der Waals surface area contributed by atoms with E-state index in [-0.39, 0.29) is 35.1 Å². The number of fused-ring (bicyclic) bond motifs is 3. The Kier molecular flexibility index (Phi) is 6.24. The minimum Gasteiger partial charge on any atom is -0.508 e. The van der Waals surface area contributed by atoms with E-state index in [1.54, 1.807) is 20.2 Å². The first-order valence-electron chi connectivity index (χ1n) is 13.2. The number of Topliss-reactive ketones (excluding diaryl/α,β-unsaturated/α-hetero) is 2. The highest BCUT2D eigenvalue weighted by molar-refractivity contribution is 6.24. The van der Waals surface area contributed by atoms with Crippen LogP contribution in [-0.2, 0) is 26.2 Å². The zero-order valence-electron chi connectivity index (χ0n) is 23.1. The lowest BCUT2D eigenvalue weighted by atomic mass is 9.57. The van der Waals surface area contributed by atoms with Gasteiger partial charge in [0.1, 0.15) is 22.8 Å². The van der Waals surface area contributed by atoms with Crippen molar-refractivity contribution in [2.75, 3.05) is 14.1 Å². The Labute approximate surface area is 232 Å². The van der Waals surface area contributed by atoms with Crippen LogP contribution in [0, 0.1) is 11.8 Å². The number of aliphatic hydroxyl groups excluding tert-OH is 2. The first-order valence-corrected chi connectivity index (χ1v) is 13.2. The summed E-state index contributed by atoms with van der Waals surface area (Å²) < 4.78 is 0. The molecule has 6 N–H and O–H groups in total. The monoisotopic (exact) mass is 546 g/mol. The number of amides is 1. The van der Waals surface area contributed by atoms with E-state index in [2.05, 4.69) is 20.8 Å². The maximum atomic E-state index is 14.0. The molecule has 40 heavy (non-hydrogen) atoms. The number of nitrogens with two attached hydrogens (primary N) is 1. The highest BCUT2D eigenvalue weighted by atomic mass is 16.3. The van der Waals surface area contributed by atoms with Gasteiger partial charge in [-0.25, -0.2) is 0 Å². The number of ketones is 2. The Morgan fingerprint density at radius 3 is 2.20 bits per heavy atom. The van der Waals surface area contributed by atoms with Crippen LogP contribution in [0.3, 0.4) is 0 Å². The quantitative estimate of drug-likeness (QED) is 0.367. The Morgan fingerprint density at radius 1 is 1.02 bits per heavy atom. The highest BCUT2D eigenvalue weighted by Gasteiger charge is 2.64. The number of benzene rings is 2. The van der Waals surface area contributed by atoms with E-state index < -0.39 is 58.0 Å². The van der Waals surface area contributed by atoms with Gasteiger partial charge in [0.2, 0.25) is 5.78 Å². The van der Waals surface area contributed by atoms with Gasteiger partial charge in [0.05, 0.1) is 11.6 Å². The smallest absolute Gasteiger partial charge is 0.255 e. The number of phenolic OH excluding ortho intramolecular Hbond substituents is 1. The number of nitrogens with zero attached hydrogens (tertiary/aromatic N) is 1. The summed E-state index contributed by atoms with van der Waals surface area (Å²) >= 11 is 0. The van der Waals surface area contributed by atoms with Crippen LogP contribution in [0.2, 0.25) is 0 Å². The molecule has 2 aromatic carbocycles. The Bertz CT molecular complexity index is 1530. The molecular weight excluding hydrogens is 512 g/mol. The predicted octanol–water partition coefficient (Wildman–Crippen LogP) is 2.93. The summed E-state index contributed by atoms with van der Waals surface area (Å²) in [4.78, 5) is 40.8. The van der Waals surface area contributed by atoms with Gasteiger partial charge in [-0.3, -0.25) is 19.3 Å². The zero-order valence-corrected chi connectivity index (χ0v) is 23.1. The molecule has 0 spiro atoms. The molecule has 9 nitrogen and oxygen atoms in total. The topological polar surface area (TPSA) is 161 Å². The molecule has 2 aromatic rings. The van der Waals surface area contributed by atoms with Gasteiger partial charge >= 0.3 is 0 Å². The van der Waals surface area contributed by atoms with Crippen molar-refractivity contribution in [3.05, 3.63) is 70.0 Å². The van der Waals surface area contributed by atoms with Gasteiger partial charge in [-0.05, 0) is 66.6 Å². The van der Waals surface area contributed by atoms with E-state index >= 15 is 0 Å². The third-order valence-electron chi connectivity index (χ3n) is 8.67. The second-order valence-corrected chi connectivity index (χ2v) is 12.3. The second kappa shape index (κ2) is 9.04. The standard InChI is InChI=1S/C31H34N2O7/c1-30(2,3)16-8-6-14(7-9-16)17-10-11-20(34)22-18(17)12-15-13-19-24(33(4)5)26(36)23(29(32)39)28(38)31(19,40)27(37)21(15)25(22)35/h6-11,15,19,24,34-35,38,40H,12-13H2,1-5H3,(H2,32,39)/t15-,19-,24?,31-/m0/s1. The summed E-state index contributed by atoms with van der Waals surface area (Å²) in [6.07, 6.45) is 0.281. The van der Waals surface area contributed by atoms with E-state index in [0.29, 0.717) is 5.56 Å². The van der Waals surface area contributed by atoms with Crippen molar-refractivity contribution in [3.8, 4) is 16.9 Å². The molecule has 210 valence electrons. The van der Waals surface area contributed by atoms with Gasteiger partial charge < -0.3 is 26.2 Å². The molecule has 0 aliphatic heterocycles. The number of hydrogen-bond acceptors (Lipinski definition) is 8. The minimum absolute atomic E-state index is 0.0448. The first-order chi connectivity index (χ1) is 18.6. The molecule has 3 aliphatic rings. The number of primary amides is 1. The molecule has 1 amide bonds. The number of hydrogen-bond donors (Lipinski definition) is 5. The summed E-state index contributed by atoms with van der Waals surface area (Å²) in [6, 6.07) is 10.1. The number of phenols is 1. The molecule has 1 unspecified atom stereocenters. The summed E-state index contributed by atoms with van der Waals surface area (Å²) in [6.45, 7) is 6.35. The van der Waals surface area contributed by atoms with Crippen LogP contribution in [-0.4, -0.2) is 68.5 Å². The molecular formula is C31H34N2O7. The minimum atomic E-state index is -2.65. The van der Waals surface area contributed by atoms with Crippen LogP contribution in [0.1, 0.15) is 43.9 Å². The molecule has 0 aromatic heterocycles. The van der Waals surface area contributed by atoms with Gasteiger partial charge in [-0.1, -0.05) is 51.1 Å². The number of rotatable bonds is 3. The fraction of sp³-hybridized carbons (Fsp3) is 0.387. The van der Waals surface area contributed by atoms with Crippen molar-refractivity contribution in [1.82, 2.24) is 4.90 Å². The van der Waals surface area contributed by atoms with Crippen LogP contribution in [0.5, 0.6) is 5.75 Å². The van der Waals surface area contributed by atoms with Crippen molar-refractivity contribution in [3.63, 3.8) is 0 Å². The largest absolute Gasteiger partial charge is 0.508 e. The van der Waals surface area contributed by atoms with E-state index in [0.717, 1.165) is 16.7 Å². The molecule has 0 bridgehead atoms. The average Bonchev–Trinajstić information content (AvgIpc) is 2.85. The van der Waals surface area contributed by atoms with Crippen molar-refractivity contribution >= 4 is 23.2 Å². The summed E-state index contributed by atoms with van der Waals surface area (Å²) in [5.74, 6) is -6.63. The average molecular weight is 547 g/mol. The van der Waals surface area contributed by atoms with Gasteiger partial charge in [-0.2, -0.15) is 0 Å². The van der Waals surface area contributed by atoms with Crippen molar-refractivity contribution in [2.45, 2.75) is 50.7 Å². The van der Waals surface area contributed by atoms with Crippen molar-refractivity contribution in [1.29, 1.82) is 0 Å². The maximum Gasteiger partial charge on any atom is 0.255 e. The normalized spacial score (nSPS) is 26.5. The number of carbonyl (C=O) groups is 3. The fourth-order valence-corrected chi connectivity index (χ4v) is 6.66. The van der Waals surface area contributed by atoms with Gasteiger partial charge in [0.15, 0.2) is 11.4 Å². The fourth-order valence-electron chi connectivity index (χ4n) is 6.66. The second-order valence-electron chi connectivity index (χ2n) is 12.3. The van der Waals surface area contributed by atoms with E-state index in [4.69, 9.17) is 5.73 Å². The zero-order chi connectivity index (χ0) is 29.5. The maximum absolute atomic E-state index is 14.0. The third kappa shape index (κ3) is 3.79. The molecule has 3 aliphatic carbocycles. The summed E-state index contributed by atoms with van der Waals surface area (Å²) in [7, 11) is 3.15.